The molecule has 0 bridgehead atoms. The zero-order valence-corrected chi connectivity index (χ0v) is 16.6. The van der Waals surface area contributed by atoms with E-state index in [0.717, 1.165) is 40.4 Å². The second-order valence-corrected chi connectivity index (χ2v) is 6.72. The van der Waals surface area contributed by atoms with Crippen LogP contribution in [-0.4, -0.2) is 23.1 Å². The molecule has 144 valence electrons. The van der Waals surface area contributed by atoms with Crippen molar-refractivity contribution in [3.63, 3.8) is 0 Å². The second-order valence-electron chi connectivity index (χ2n) is 6.72. The van der Waals surface area contributed by atoms with Gasteiger partial charge in [0, 0.05) is 23.5 Å². The van der Waals surface area contributed by atoms with Crippen LogP contribution in [0.15, 0.2) is 90.1 Å². The van der Waals surface area contributed by atoms with Crippen LogP contribution in [0, 0.1) is 0 Å². The predicted octanol–water partition coefficient (Wildman–Crippen LogP) is 5.86. The number of para-hydroxylation sites is 1. The Morgan fingerprint density at radius 3 is 2.31 bits per heavy atom. The summed E-state index contributed by atoms with van der Waals surface area (Å²) in [6, 6.07) is 26.4. The van der Waals surface area contributed by atoms with Crippen molar-refractivity contribution in [3.05, 3.63) is 96.2 Å². The van der Waals surface area contributed by atoms with Gasteiger partial charge >= 0.3 is 0 Å². The maximum absolute atomic E-state index is 5.21. The summed E-state index contributed by atoms with van der Waals surface area (Å²) in [6.45, 7) is 2.16. The van der Waals surface area contributed by atoms with Crippen LogP contribution in [0.25, 0.3) is 16.9 Å². The lowest BCUT2D eigenvalue weighted by Crippen LogP contribution is -1.94. The van der Waals surface area contributed by atoms with Crippen LogP contribution >= 0.6 is 0 Å². The van der Waals surface area contributed by atoms with E-state index >= 15 is 0 Å². The lowest BCUT2D eigenvalue weighted by Gasteiger charge is -2.02. The largest absolute Gasteiger partial charge is 0.497 e. The average Bonchev–Trinajstić information content (AvgIpc) is 3.23. The number of aromatic nitrogens is 2. The van der Waals surface area contributed by atoms with Crippen molar-refractivity contribution in [2.75, 3.05) is 7.11 Å². The highest BCUT2D eigenvalue weighted by atomic mass is 16.5. The Morgan fingerprint density at radius 2 is 1.66 bits per heavy atom. The number of methoxy groups -OCH3 is 1. The lowest BCUT2D eigenvalue weighted by molar-refractivity contribution is 0.415. The fraction of sp³-hybridized carbons (Fsp3) is 0.120. The minimum atomic E-state index is 0.817. The smallest absolute Gasteiger partial charge is 0.119 e. The predicted molar refractivity (Wildman–Crippen MR) is 119 cm³/mol. The van der Waals surface area contributed by atoms with E-state index in [1.807, 2.05) is 71.7 Å². The van der Waals surface area contributed by atoms with Gasteiger partial charge in [-0.15, -0.1) is 0 Å². The maximum Gasteiger partial charge on any atom is 0.119 e. The molecule has 0 radical (unpaired) electrons. The molecular formula is C25H23N3O. The van der Waals surface area contributed by atoms with E-state index in [-0.39, 0.29) is 0 Å². The molecule has 1 heterocycles. The van der Waals surface area contributed by atoms with E-state index in [1.54, 1.807) is 7.11 Å². The molecule has 0 unspecified atom stereocenters. The van der Waals surface area contributed by atoms with Crippen LogP contribution in [-0.2, 0) is 6.42 Å². The Morgan fingerprint density at radius 1 is 0.931 bits per heavy atom. The molecule has 0 N–H and O–H groups in total. The Balaban J connectivity index is 1.73. The third-order valence-corrected chi connectivity index (χ3v) is 4.82. The quantitative estimate of drug-likeness (QED) is 0.392. The van der Waals surface area contributed by atoms with E-state index in [2.05, 4.69) is 36.2 Å². The molecular weight excluding hydrogens is 358 g/mol. The molecule has 0 spiro atoms. The van der Waals surface area contributed by atoms with Gasteiger partial charge in [0.1, 0.15) is 11.4 Å². The van der Waals surface area contributed by atoms with Gasteiger partial charge in [-0.2, -0.15) is 5.10 Å². The molecule has 0 saturated carbocycles. The van der Waals surface area contributed by atoms with Crippen molar-refractivity contribution in [2.24, 2.45) is 4.99 Å². The number of benzene rings is 3. The van der Waals surface area contributed by atoms with Gasteiger partial charge in [0.05, 0.1) is 18.5 Å². The monoisotopic (exact) mass is 381 g/mol. The van der Waals surface area contributed by atoms with Crippen LogP contribution in [0.3, 0.4) is 0 Å². The second kappa shape index (κ2) is 8.57. The molecule has 0 aliphatic carbocycles. The highest BCUT2D eigenvalue weighted by Crippen LogP contribution is 2.24. The highest BCUT2D eigenvalue weighted by molar-refractivity contribution is 5.90. The number of ether oxygens (including phenoxy) is 1. The zero-order chi connectivity index (χ0) is 20.1. The molecule has 4 rings (SSSR count). The highest BCUT2D eigenvalue weighted by Gasteiger charge is 2.11. The van der Waals surface area contributed by atoms with Crippen LogP contribution in [0.4, 0.5) is 5.69 Å². The topological polar surface area (TPSA) is 39.4 Å². The Kier molecular flexibility index (Phi) is 5.52. The summed E-state index contributed by atoms with van der Waals surface area (Å²) in [4.78, 5) is 4.64. The Bertz CT molecular complexity index is 1100. The van der Waals surface area contributed by atoms with E-state index in [0.29, 0.717) is 0 Å². The SMILES string of the molecule is CCc1ccc(-c2nn(-c3ccccc3)cc2C=Nc2ccc(OC)cc2)cc1. The van der Waals surface area contributed by atoms with Crippen molar-refractivity contribution in [2.45, 2.75) is 13.3 Å². The first-order valence-electron chi connectivity index (χ1n) is 9.69. The number of hydrogen-bond donors (Lipinski definition) is 0. The first-order chi connectivity index (χ1) is 14.3. The van der Waals surface area contributed by atoms with Gasteiger partial charge in [-0.1, -0.05) is 49.4 Å². The number of rotatable bonds is 6. The van der Waals surface area contributed by atoms with Crippen molar-refractivity contribution >= 4 is 11.9 Å². The lowest BCUT2D eigenvalue weighted by atomic mass is 10.1. The normalized spacial score (nSPS) is 11.1. The molecule has 0 fully saturated rings. The fourth-order valence-electron chi connectivity index (χ4n) is 3.13. The summed E-state index contributed by atoms with van der Waals surface area (Å²) in [7, 11) is 1.66. The molecule has 29 heavy (non-hydrogen) atoms. The number of hydrogen-bond acceptors (Lipinski definition) is 3. The van der Waals surface area contributed by atoms with Crippen molar-refractivity contribution in [1.82, 2.24) is 9.78 Å². The van der Waals surface area contributed by atoms with Gasteiger partial charge in [0.2, 0.25) is 0 Å². The first-order valence-corrected chi connectivity index (χ1v) is 9.69. The van der Waals surface area contributed by atoms with Gasteiger partial charge in [-0.3, -0.25) is 4.99 Å². The van der Waals surface area contributed by atoms with Crippen LogP contribution in [0.5, 0.6) is 5.75 Å². The van der Waals surface area contributed by atoms with Gasteiger partial charge in [0.15, 0.2) is 0 Å². The molecule has 4 heteroatoms. The number of nitrogens with zero attached hydrogens (tertiary/aromatic N) is 3. The van der Waals surface area contributed by atoms with Crippen LogP contribution in [0.1, 0.15) is 18.1 Å². The summed E-state index contributed by atoms with van der Waals surface area (Å²) in [5.74, 6) is 0.817. The molecule has 0 aliphatic heterocycles. The van der Waals surface area contributed by atoms with Crippen LogP contribution < -0.4 is 4.74 Å². The Labute approximate surface area is 171 Å². The van der Waals surface area contributed by atoms with E-state index in [4.69, 9.17) is 9.84 Å². The maximum atomic E-state index is 5.21. The van der Waals surface area contributed by atoms with E-state index in [1.165, 1.54) is 5.56 Å². The average molecular weight is 381 g/mol. The Hall–Kier alpha value is -3.66. The molecule has 0 aliphatic rings. The van der Waals surface area contributed by atoms with E-state index < -0.39 is 0 Å². The summed E-state index contributed by atoms with van der Waals surface area (Å²) >= 11 is 0. The standard InChI is InChI=1S/C25H23N3O/c1-3-19-9-11-20(12-10-19)25-21(17-26-22-13-15-24(29-2)16-14-22)18-28(27-25)23-7-5-4-6-8-23/h4-18H,3H2,1-2H3. The van der Waals surface area contributed by atoms with Gasteiger partial charge in [-0.05, 0) is 48.4 Å². The summed E-state index contributed by atoms with van der Waals surface area (Å²) in [5, 5.41) is 4.85. The molecule has 4 aromatic rings. The van der Waals surface area contributed by atoms with Gasteiger partial charge < -0.3 is 4.74 Å². The van der Waals surface area contributed by atoms with Crippen molar-refractivity contribution in [3.8, 4) is 22.7 Å². The first kappa shape index (κ1) is 18.7. The summed E-state index contributed by atoms with van der Waals surface area (Å²) in [6.07, 6.45) is 4.91. The summed E-state index contributed by atoms with van der Waals surface area (Å²) < 4.78 is 7.12. The van der Waals surface area contributed by atoms with Gasteiger partial charge in [-0.25, -0.2) is 4.68 Å². The third-order valence-electron chi connectivity index (χ3n) is 4.82. The van der Waals surface area contributed by atoms with Gasteiger partial charge in [0.25, 0.3) is 0 Å². The fourth-order valence-corrected chi connectivity index (χ4v) is 3.13. The summed E-state index contributed by atoms with van der Waals surface area (Å²) in [5.41, 5.74) is 6.15. The molecule has 1 aromatic heterocycles. The molecule has 4 nitrogen and oxygen atoms in total. The molecule has 0 saturated heterocycles. The number of aliphatic imine (C=N–C) groups is 1. The minimum Gasteiger partial charge on any atom is -0.497 e. The molecule has 3 aromatic carbocycles. The zero-order valence-electron chi connectivity index (χ0n) is 16.6. The third kappa shape index (κ3) is 4.27. The van der Waals surface area contributed by atoms with Crippen molar-refractivity contribution in [1.29, 1.82) is 0 Å². The molecule has 0 atom stereocenters. The van der Waals surface area contributed by atoms with Crippen LogP contribution in [0.2, 0.25) is 0 Å². The van der Waals surface area contributed by atoms with Crippen molar-refractivity contribution < 1.29 is 4.74 Å². The number of aryl methyl sites for hydroxylation is 1. The minimum absolute atomic E-state index is 0.817. The van der Waals surface area contributed by atoms with E-state index in [9.17, 15) is 0 Å². The molecule has 0 amide bonds.